The Bertz CT molecular complexity index is 910. The Morgan fingerprint density at radius 1 is 1.30 bits per heavy atom. The van der Waals surface area contributed by atoms with Gasteiger partial charge in [-0.2, -0.15) is 5.10 Å². The maximum absolute atomic E-state index is 12.5. The van der Waals surface area contributed by atoms with Crippen LogP contribution < -0.4 is 5.32 Å². The summed E-state index contributed by atoms with van der Waals surface area (Å²) in [4.78, 5) is 17.0. The maximum atomic E-state index is 12.5. The third kappa shape index (κ3) is 4.09. The molecular weight excluding hydrogens is 344 g/mol. The number of nitrogens with one attached hydrogen (secondary N) is 1. The van der Waals surface area contributed by atoms with Gasteiger partial charge in [0.2, 0.25) is 11.8 Å². The first-order valence-electron chi connectivity index (χ1n) is 9.10. The second-order valence-corrected chi connectivity index (χ2v) is 6.74. The Labute approximate surface area is 157 Å². The Morgan fingerprint density at radius 3 is 2.93 bits per heavy atom. The largest absolute Gasteiger partial charge is 0.441 e. The normalized spacial score (nSPS) is 16.6. The van der Waals surface area contributed by atoms with E-state index >= 15 is 0 Å². The number of nitrogens with zero attached hydrogens (tertiary/aromatic N) is 3. The summed E-state index contributed by atoms with van der Waals surface area (Å²) in [5, 5.41) is 7.24. The Hall–Kier alpha value is -2.93. The molecule has 3 heterocycles. The van der Waals surface area contributed by atoms with E-state index in [1.807, 2.05) is 41.9 Å². The van der Waals surface area contributed by atoms with Gasteiger partial charge in [-0.3, -0.25) is 4.79 Å². The predicted molar refractivity (Wildman–Crippen MR) is 100 cm³/mol. The van der Waals surface area contributed by atoms with Crippen LogP contribution in [0.3, 0.4) is 0 Å². The Morgan fingerprint density at radius 2 is 2.15 bits per heavy atom. The van der Waals surface area contributed by atoms with Crippen molar-refractivity contribution in [3.63, 3.8) is 0 Å². The van der Waals surface area contributed by atoms with Gasteiger partial charge >= 0.3 is 0 Å². The zero-order chi connectivity index (χ0) is 18.6. The molecule has 7 nitrogen and oxygen atoms in total. The predicted octanol–water partition coefficient (Wildman–Crippen LogP) is 3.06. The van der Waals surface area contributed by atoms with E-state index in [2.05, 4.69) is 15.4 Å². The summed E-state index contributed by atoms with van der Waals surface area (Å²) in [5.74, 6) is 2.17. The number of oxazole rings is 1. The summed E-state index contributed by atoms with van der Waals surface area (Å²) < 4.78 is 13.0. The molecule has 1 aromatic carbocycles. The van der Waals surface area contributed by atoms with Gasteiger partial charge < -0.3 is 14.5 Å². The molecular formula is C20H22N4O3. The standard InChI is InChI=1S/C20H22N4O3/c1-14-17(22-20(27-14)16-5-3-2-4-6-16)11-19(25)23-18-7-9-21-24(18)12-15-8-10-26-13-15/h2-7,9,15H,8,10-13H2,1H3,(H,23,25). The van der Waals surface area contributed by atoms with Gasteiger partial charge in [0.05, 0.1) is 24.9 Å². The highest BCUT2D eigenvalue weighted by Gasteiger charge is 2.19. The van der Waals surface area contributed by atoms with Gasteiger partial charge in [-0.1, -0.05) is 18.2 Å². The molecule has 27 heavy (non-hydrogen) atoms. The molecule has 0 aliphatic carbocycles. The molecule has 0 bridgehead atoms. The second-order valence-electron chi connectivity index (χ2n) is 6.74. The number of amides is 1. The molecule has 1 N–H and O–H groups in total. The van der Waals surface area contributed by atoms with Crippen molar-refractivity contribution in [3.05, 3.63) is 54.0 Å². The number of carbonyl (C=O) groups excluding carboxylic acids is 1. The van der Waals surface area contributed by atoms with Crippen molar-refractivity contribution < 1.29 is 13.9 Å². The Balaban J connectivity index is 1.42. The topological polar surface area (TPSA) is 82.2 Å². The van der Waals surface area contributed by atoms with Gasteiger partial charge in [0.15, 0.2) is 0 Å². The van der Waals surface area contributed by atoms with Crippen LogP contribution in [0, 0.1) is 12.8 Å². The number of aryl methyl sites for hydroxylation is 1. The van der Waals surface area contributed by atoms with Crippen molar-refractivity contribution in [1.82, 2.24) is 14.8 Å². The van der Waals surface area contributed by atoms with E-state index in [1.165, 1.54) is 0 Å². The van der Waals surface area contributed by atoms with Crippen LogP contribution >= 0.6 is 0 Å². The third-order valence-corrected chi connectivity index (χ3v) is 4.68. The molecule has 0 radical (unpaired) electrons. The first-order chi connectivity index (χ1) is 13.2. The first-order valence-corrected chi connectivity index (χ1v) is 9.10. The minimum Gasteiger partial charge on any atom is -0.441 e. The fourth-order valence-electron chi connectivity index (χ4n) is 3.19. The average Bonchev–Trinajstić information content (AvgIpc) is 3.40. The van der Waals surface area contributed by atoms with E-state index in [0.29, 0.717) is 29.1 Å². The van der Waals surface area contributed by atoms with Crippen LogP contribution in [-0.4, -0.2) is 33.9 Å². The summed E-state index contributed by atoms with van der Waals surface area (Å²) in [7, 11) is 0. The van der Waals surface area contributed by atoms with Gasteiger partial charge in [-0.05, 0) is 25.5 Å². The van der Waals surface area contributed by atoms with Crippen LogP contribution in [-0.2, 0) is 22.5 Å². The number of ether oxygens (including phenoxy) is 1. The number of aromatic nitrogens is 3. The van der Waals surface area contributed by atoms with E-state index in [9.17, 15) is 4.79 Å². The van der Waals surface area contributed by atoms with Crippen LogP contribution in [0.5, 0.6) is 0 Å². The highest BCUT2D eigenvalue weighted by Crippen LogP contribution is 2.22. The number of hydrogen-bond donors (Lipinski definition) is 1. The molecule has 1 saturated heterocycles. The van der Waals surface area contributed by atoms with Gasteiger partial charge in [0.25, 0.3) is 0 Å². The molecule has 1 unspecified atom stereocenters. The number of hydrogen-bond acceptors (Lipinski definition) is 5. The number of anilines is 1. The first kappa shape index (κ1) is 17.5. The van der Waals surface area contributed by atoms with Crippen molar-refractivity contribution in [3.8, 4) is 11.5 Å². The van der Waals surface area contributed by atoms with Crippen LogP contribution in [0.1, 0.15) is 17.9 Å². The Kier molecular flexibility index (Phi) is 5.02. The monoisotopic (exact) mass is 366 g/mol. The van der Waals surface area contributed by atoms with Crippen LogP contribution in [0.15, 0.2) is 47.0 Å². The third-order valence-electron chi connectivity index (χ3n) is 4.68. The van der Waals surface area contributed by atoms with Crippen molar-refractivity contribution in [2.24, 2.45) is 5.92 Å². The minimum absolute atomic E-state index is 0.143. The summed E-state index contributed by atoms with van der Waals surface area (Å²) >= 11 is 0. The second kappa shape index (κ2) is 7.75. The van der Waals surface area contributed by atoms with E-state index < -0.39 is 0 Å². The molecule has 1 aliphatic rings. The van der Waals surface area contributed by atoms with Crippen molar-refractivity contribution in [2.45, 2.75) is 26.3 Å². The van der Waals surface area contributed by atoms with Gasteiger partial charge in [-0.25, -0.2) is 9.67 Å². The summed E-state index contributed by atoms with van der Waals surface area (Å²) in [6.45, 7) is 4.10. The van der Waals surface area contributed by atoms with Gasteiger partial charge in [0.1, 0.15) is 11.6 Å². The lowest BCUT2D eigenvalue weighted by Crippen LogP contribution is -2.20. The van der Waals surface area contributed by atoms with Crippen LogP contribution in [0.4, 0.5) is 5.82 Å². The van der Waals surface area contributed by atoms with Gasteiger partial charge in [0, 0.05) is 30.7 Å². The average molecular weight is 366 g/mol. The molecule has 140 valence electrons. The van der Waals surface area contributed by atoms with Crippen molar-refractivity contribution >= 4 is 11.7 Å². The summed E-state index contributed by atoms with van der Waals surface area (Å²) in [6, 6.07) is 11.5. The van der Waals surface area contributed by atoms with E-state index in [1.54, 1.807) is 12.3 Å². The highest BCUT2D eigenvalue weighted by atomic mass is 16.5. The van der Waals surface area contributed by atoms with E-state index in [-0.39, 0.29) is 12.3 Å². The molecule has 0 spiro atoms. The highest BCUT2D eigenvalue weighted by molar-refractivity contribution is 5.91. The van der Waals surface area contributed by atoms with E-state index in [0.717, 1.165) is 31.7 Å². The number of rotatable bonds is 6. The fourth-order valence-corrected chi connectivity index (χ4v) is 3.19. The lowest BCUT2D eigenvalue weighted by Gasteiger charge is -2.12. The van der Waals surface area contributed by atoms with Crippen molar-refractivity contribution in [2.75, 3.05) is 18.5 Å². The number of benzene rings is 1. The maximum Gasteiger partial charge on any atom is 0.231 e. The smallest absolute Gasteiger partial charge is 0.231 e. The van der Waals surface area contributed by atoms with E-state index in [4.69, 9.17) is 9.15 Å². The molecule has 1 amide bonds. The van der Waals surface area contributed by atoms with Crippen molar-refractivity contribution in [1.29, 1.82) is 0 Å². The molecule has 2 aromatic heterocycles. The van der Waals surface area contributed by atoms with Crippen LogP contribution in [0.2, 0.25) is 0 Å². The zero-order valence-corrected chi connectivity index (χ0v) is 15.2. The number of carbonyl (C=O) groups is 1. The molecule has 4 rings (SSSR count). The molecule has 7 heteroatoms. The molecule has 1 atom stereocenters. The molecule has 1 aliphatic heterocycles. The lowest BCUT2D eigenvalue weighted by molar-refractivity contribution is -0.115. The van der Waals surface area contributed by atoms with Gasteiger partial charge in [-0.15, -0.1) is 0 Å². The lowest BCUT2D eigenvalue weighted by atomic mass is 10.1. The summed E-state index contributed by atoms with van der Waals surface area (Å²) in [5.41, 5.74) is 1.53. The molecule has 1 fully saturated rings. The zero-order valence-electron chi connectivity index (χ0n) is 15.2. The minimum atomic E-state index is -0.143. The summed E-state index contributed by atoms with van der Waals surface area (Å²) in [6.07, 6.45) is 2.87. The SMILES string of the molecule is Cc1oc(-c2ccccc2)nc1CC(=O)Nc1ccnn1CC1CCOC1. The quantitative estimate of drug-likeness (QED) is 0.725. The molecule has 0 saturated carbocycles. The fraction of sp³-hybridized carbons (Fsp3) is 0.350. The molecule has 3 aromatic rings. The van der Waals surface area contributed by atoms with Crippen LogP contribution in [0.25, 0.3) is 11.5 Å².